The van der Waals surface area contributed by atoms with Crippen molar-refractivity contribution in [3.05, 3.63) is 34.6 Å². The molecule has 0 aliphatic rings. The molecule has 1 unspecified atom stereocenters. The molecular weight excluding hydrogens is 263 g/mol. The van der Waals surface area contributed by atoms with E-state index in [0.29, 0.717) is 6.07 Å². The number of ether oxygens (including phenoxy) is 1. The number of halogens is 3. The summed E-state index contributed by atoms with van der Waals surface area (Å²) < 4.78 is 44.4. The second-order valence-electron chi connectivity index (χ2n) is 3.64. The first kappa shape index (κ1) is 14.7. The van der Waals surface area contributed by atoms with E-state index in [4.69, 9.17) is 5.26 Å². The van der Waals surface area contributed by atoms with Crippen molar-refractivity contribution in [2.75, 3.05) is 0 Å². The molecule has 1 atom stereocenters. The number of hydrogen-bond acceptors (Lipinski definition) is 4. The fraction of sp³-hybridized carbons (Fsp3) is 0.250. The highest BCUT2D eigenvalue weighted by molar-refractivity contribution is 6.00. The number of nitrogens with zero attached hydrogens (tertiary/aromatic N) is 1. The number of esters is 1. The molecule has 0 aliphatic heterocycles. The van der Waals surface area contributed by atoms with Gasteiger partial charge in [0, 0.05) is 6.92 Å². The van der Waals surface area contributed by atoms with Gasteiger partial charge in [0.25, 0.3) is 0 Å². The minimum Gasteiger partial charge on any atom is -0.454 e. The van der Waals surface area contributed by atoms with E-state index in [1.54, 1.807) is 0 Å². The van der Waals surface area contributed by atoms with Crippen LogP contribution in [0.1, 0.15) is 29.8 Å². The lowest BCUT2D eigenvalue weighted by Crippen LogP contribution is -2.24. The Morgan fingerprint density at radius 1 is 1.32 bits per heavy atom. The zero-order chi connectivity index (χ0) is 14.7. The predicted octanol–water partition coefficient (Wildman–Crippen LogP) is 2.11. The summed E-state index contributed by atoms with van der Waals surface area (Å²) >= 11 is 0. The maximum absolute atomic E-state index is 13.7. The molecule has 0 aliphatic carbocycles. The maximum Gasteiger partial charge on any atom is 0.303 e. The molecule has 1 aromatic carbocycles. The number of benzene rings is 1. The predicted molar refractivity (Wildman–Crippen MR) is 56.6 cm³/mol. The summed E-state index contributed by atoms with van der Waals surface area (Å²) in [6.07, 6.45) is -1.37. The van der Waals surface area contributed by atoms with E-state index < -0.39 is 46.4 Å². The Morgan fingerprint density at radius 3 is 2.37 bits per heavy atom. The van der Waals surface area contributed by atoms with Crippen LogP contribution in [0, 0.1) is 28.8 Å². The summed E-state index contributed by atoms with van der Waals surface area (Å²) in [4.78, 5) is 22.4. The molecule has 0 radical (unpaired) electrons. The number of carbonyl (C=O) groups is 2. The lowest BCUT2D eigenvalue weighted by Gasteiger charge is -2.12. The van der Waals surface area contributed by atoms with E-state index in [2.05, 4.69) is 4.74 Å². The van der Waals surface area contributed by atoms with Gasteiger partial charge in [-0.15, -0.1) is 0 Å². The molecule has 1 rings (SSSR count). The van der Waals surface area contributed by atoms with Gasteiger partial charge in [-0.25, -0.2) is 13.2 Å². The quantitative estimate of drug-likeness (QED) is 0.479. The Hall–Kier alpha value is -2.36. The van der Waals surface area contributed by atoms with E-state index in [1.807, 2.05) is 0 Å². The first-order valence-corrected chi connectivity index (χ1v) is 5.08. The molecule has 0 N–H and O–H groups in total. The molecule has 0 amide bonds. The first-order valence-electron chi connectivity index (χ1n) is 5.08. The molecule has 0 saturated heterocycles. The van der Waals surface area contributed by atoms with Crippen LogP contribution in [0.25, 0.3) is 0 Å². The molecule has 0 aromatic heterocycles. The maximum atomic E-state index is 13.7. The van der Waals surface area contributed by atoms with Crippen molar-refractivity contribution in [1.29, 1.82) is 5.26 Å². The zero-order valence-corrected chi connectivity index (χ0v) is 9.96. The van der Waals surface area contributed by atoms with Crippen molar-refractivity contribution in [3.63, 3.8) is 0 Å². The van der Waals surface area contributed by atoms with Gasteiger partial charge in [0.15, 0.2) is 23.6 Å². The summed E-state index contributed by atoms with van der Waals surface area (Å²) in [6, 6.07) is 1.46. The van der Waals surface area contributed by atoms with E-state index in [1.165, 1.54) is 0 Å². The van der Waals surface area contributed by atoms with Crippen molar-refractivity contribution in [1.82, 2.24) is 0 Å². The lowest BCUT2D eigenvalue weighted by molar-refractivity contribution is -0.143. The molecule has 0 saturated carbocycles. The van der Waals surface area contributed by atoms with E-state index in [-0.39, 0.29) is 0 Å². The third-order valence-corrected chi connectivity index (χ3v) is 2.25. The average molecular weight is 271 g/mol. The number of Topliss-reactive ketones (excluding diaryl/α,β-unsaturated/α-hetero) is 1. The zero-order valence-electron chi connectivity index (χ0n) is 9.96. The SMILES string of the molecule is CC(=O)OC(C)C(=O)c1cc(F)c(F)c(C#N)c1F. The van der Waals surface area contributed by atoms with Gasteiger partial charge in [0.2, 0.25) is 5.78 Å². The molecule has 4 nitrogen and oxygen atoms in total. The van der Waals surface area contributed by atoms with Crippen LogP contribution in [0.4, 0.5) is 13.2 Å². The number of ketones is 1. The van der Waals surface area contributed by atoms with Crippen LogP contribution < -0.4 is 0 Å². The minimum absolute atomic E-state index is 0.327. The molecule has 0 bridgehead atoms. The Kier molecular flexibility index (Phi) is 4.27. The smallest absolute Gasteiger partial charge is 0.303 e. The third-order valence-electron chi connectivity index (χ3n) is 2.25. The summed E-state index contributed by atoms with van der Waals surface area (Å²) in [6.45, 7) is 2.18. The van der Waals surface area contributed by atoms with Gasteiger partial charge in [-0.2, -0.15) is 5.26 Å². The van der Waals surface area contributed by atoms with Crippen LogP contribution in [0.3, 0.4) is 0 Å². The largest absolute Gasteiger partial charge is 0.454 e. The molecular formula is C12H8F3NO3. The Morgan fingerprint density at radius 2 is 1.89 bits per heavy atom. The molecule has 0 fully saturated rings. The van der Waals surface area contributed by atoms with Crippen molar-refractivity contribution in [3.8, 4) is 6.07 Å². The number of nitriles is 1. The fourth-order valence-electron chi connectivity index (χ4n) is 1.40. The van der Waals surface area contributed by atoms with Crippen LogP contribution in [0.2, 0.25) is 0 Å². The molecule has 1 aromatic rings. The van der Waals surface area contributed by atoms with Crippen LogP contribution in [0.5, 0.6) is 0 Å². The summed E-state index contributed by atoms with van der Waals surface area (Å²) in [5.74, 6) is -6.54. The summed E-state index contributed by atoms with van der Waals surface area (Å²) in [7, 11) is 0. The first-order chi connectivity index (χ1) is 8.79. The standard InChI is InChI=1S/C12H8F3NO3/c1-5(19-6(2)17)12(18)7-3-9(13)11(15)8(4-16)10(7)14/h3,5H,1-2H3. The number of hydrogen-bond donors (Lipinski definition) is 0. The van der Waals surface area contributed by atoms with Crippen molar-refractivity contribution in [2.24, 2.45) is 0 Å². The van der Waals surface area contributed by atoms with Crippen LogP contribution in [-0.2, 0) is 9.53 Å². The highest BCUT2D eigenvalue weighted by atomic mass is 19.2. The number of rotatable bonds is 3. The van der Waals surface area contributed by atoms with Gasteiger partial charge >= 0.3 is 5.97 Å². The van der Waals surface area contributed by atoms with Gasteiger partial charge in [0.1, 0.15) is 11.6 Å². The van der Waals surface area contributed by atoms with Crippen LogP contribution in [-0.4, -0.2) is 17.9 Å². The Labute approximate surface area is 106 Å². The van der Waals surface area contributed by atoms with Gasteiger partial charge in [-0.05, 0) is 13.0 Å². The molecule has 100 valence electrons. The van der Waals surface area contributed by atoms with Gasteiger partial charge in [0.05, 0.1) is 5.56 Å². The van der Waals surface area contributed by atoms with Crippen molar-refractivity contribution < 1.29 is 27.5 Å². The molecule has 0 heterocycles. The molecule has 7 heteroatoms. The second-order valence-corrected chi connectivity index (χ2v) is 3.64. The minimum atomic E-state index is -1.67. The Balaban J connectivity index is 3.29. The van der Waals surface area contributed by atoms with Crippen molar-refractivity contribution in [2.45, 2.75) is 20.0 Å². The fourth-order valence-corrected chi connectivity index (χ4v) is 1.40. The Bertz CT molecular complexity index is 593. The van der Waals surface area contributed by atoms with Crippen LogP contribution in [0.15, 0.2) is 6.07 Å². The topological polar surface area (TPSA) is 67.2 Å². The lowest BCUT2D eigenvalue weighted by atomic mass is 10.0. The third kappa shape index (κ3) is 2.91. The second kappa shape index (κ2) is 5.52. The monoisotopic (exact) mass is 271 g/mol. The van der Waals surface area contributed by atoms with Crippen LogP contribution >= 0.6 is 0 Å². The summed E-state index contributed by atoms with van der Waals surface area (Å²) in [5, 5.41) is 8.52. The van der Waals surface area contributed by atoms with Gasteiger partial charge in [-0.3, -0.25) is 9.59 Å². The molecule has 0 spiro atoms. The highest BCUT2D eigenvalue weighted by Crippen LogP contribution is 2.21. The number of carbonyl (C=O) groups excluding carboxylic acids is 2. The van der Waals surface area contributed by atoms with E-state index in [0.717, 1.165) is 19.9 Å². The van der Waals surface area contributed by atoms with Crippen molar-refractivity contribution >= 4 is 11.8 Å². The van der Waals surface area contributed by atoms with E-state index in [9.17, 15) is 22.8 Å². The normalized spacial score (nSPS) is 11.6. The highest BCUT2D eigenvalue weighted by Gasteiger charge is 2.27. The van der Waals surface area contributed by atoms with Gasteiger partial charge in [-0.1, -0.05) is 0 Å². The van der Waals surface area contributed by atoms with E-state index >= 15 is 0 Å². The van der Waals surface area contributed by atoms with Gasteiger partial charge < -0.3 is 4.74 Å². The summed E-state index contributed by atoms with van der Waals surface area (Å²) in [5.41, 5.74) is -2.04. The molecule has 19 heavy (non-hydrogen) atoms. The average Bonchev–Trinajstić information content (AvgIpc) is 2.33.